The summed E-state index contributed by atoms with van der Waals surface area (Å²) in [5, 5.41) is 4.25. The van der Waals surface area contributed by atoms with Gasteiger partial charge in [0, 0.05) is 43.4 Å². The molecule has 1 aromatic carbocycles. The van der Waals surface area contributed by atoms with E-state index in [1.54, 1.807) is 0 Å². The predicted octanol–water partition coefficient (Wildman–Crippen LogP) is 2.57. The lowest BCUT2D eigenvalue weighted by molar-refractivity contribution is 0.455. The van der Waals surface area contributed by atoms with Crippen LogP contribution in [-0.2, 0) is 13.6 Å². The minimum absolute atomic E-state index is 0. The van der Waals surface area contributed by atoms with Crippen LogP contribution in [0.3, 0.4) is 0 Å². The van der Waals surface area contributed by atoms with E-state index in [0.29, 0.717) is 12.5 Å². The Morgan fingerprint density at radius 2 is 2.04 bits per heavy atom. The smallest absolute Gasteiger partial charge is 0.191 e. The highest BCUT2D eigenvalue weighted by molar-refractivity contribution is 14.0. The maximum Gasteiger partial charge on any atom is 0.191 e. The Labute approximate surface area is 158 Å². The summed E-state index contributed by atoms with van der Waals surface area (Å²) in [5.74, 6) is 2.91. The minimum atomic E-state index is 0. The van der Waals surface area contributed by atoms with E-state index in [9.17, 15) is 0 Å². The van der Waals surface area contributed by atoms with Gasteiger partial charge in [-0.15, -0.1) is 24.0 Å². The number of hydrogen-bond donors (Lipinski definition) is 1. The Hall–Kier alpha value is -1.22. The summed E-state index contributed by atoms with van der Waals surface area (Å²) in [6, 6.07) is 8.29. The van der Waals surface area contributed by atoms with Crippen molar-refractivity contribution in [3.63, 3.8) is 0 Å². The molecule has 0 radical (unpaired) electrons. The second-order valence-corrected chi connectivity index (χ2v) is 6.56. The van der Waals surface area contributed by atoms with Gasteiger partial charge in [-0.2, -0.15) is 16.9 Å². The molecular weight excluding hydrogens is 421 g/mol. The van der Waals surface area contributed by atoms with Crippen molar-refractivity contribution in [3.05, 3.63) is 42.2 Å². The molecule has 5 nitrogen and oxygen atoms in total. The largest absolute Gasteiger partial charge is 0.370 e. The average Bonchev–Trinajstić information content (AvgIpc) is 3.00. The van der Waals surface area contributed by atoms with Gasteiger partial charge in [0.15, 0.2) is 5.96 Å². The molecule has 0 aliphatic carbocycles. The van der Waals surface area contributed by atoms with Gasteiger partial charge < -0.3 is 10.6 Å². The van der Waals surface area contributed by atoms with Crippen LogP contribution in [0, 0.1) is 0 Å². The van der Waals surface area contributed by atoms with E-state index in [2.05, 4.69) is 27.1 Å². The number of halogens is 1. The fourth-order valence-corrected chi connectivity index (χ4v) is 3.46. The number of aromatic nitrogens is 2. The Bertz CT molecular complexity index is 664. The van der Waals surface area contributed by atoms with Gasteiger partial charge in [-0.3, -0.25) is 4.68 Å². The molecule has 1 aliphatic rings. The van der Waals surface area contributed by atoms with E-state index in [4.69, 9.17) is 5.73 Å². The summed E-state index contributed by atoms with van der Waals surface area (Å²) in [6.45, 7) is 2.58. The first-order chi connectivity index (χ1) is 10.7. The fraction of sp³-hybridized carbons (Fsp3) is 0.375. The average molecular weight is 443 g/mol. The highest BCUT2D eigenvalue weighted by atomic mass is 127. The normalized spacial score (nSPS) is 15.3. The second-order valence-electron chi connectivity index (χ2n) is 5.33. The molecule has 1 saturated heterocycles. The Morgan fingerprint density at radius 1 is 1.30 bits per heavy atom. The lowest BCUT2D eigenvalue weighted by atomic mass is 10.0. The molecule has 0 saturated carbocycles. The van der Waals surface area contributed by atoms with Crippen molar-refractivity contribution in [2.24, 2.45) is 17.8 Å². The molecule has 1 fully saturated rings. The van der Waals surface area contributed by atoms with Crippen molar-refractivity contribution >= 4 is 41.7 Å². The molecule has 124 valence electrons. The van der Waals surface area contributed by atoms with Gasteiger partial charge in [0.2, 0.25) is 0 Å². The summed E-state index contributed by atoms with van der Waals surface area (Å²) in [6.07, 6.45) is 3.90. The first-order valence-corrected chi connectivity index (χ1v) is 8.59. The SMILES string of the molecule is Cn1cc(-c2ccccc2CN=C(N)N2CCSCC2)cn1.I. The molecule has 2 N–H and O–H groups in total. The molecule has 7 heteroatoms. The molecule has 0 atom stereocenters. The molecule has 3 rings (SSSR count). The van der Waals surface area contributed by atoms with Gasteiger partial charge >= 0.3 is 0 Å². The van der Waals surface area contributed by atoms with E-state index >= 15 is 0 Å². The first kappa shape index (κ1) is 18.1. The van der Waals surface area contributed by atoms with E-state index in [-0.39, 0.29) is 24.0 Å². The number of aryl methyl sites for hydroxylation is 1. The second kappa shape index (κ2) is 8.58. The maximum atomic E-state index is 6.14. The van der Waals surface area contributed by atoms with Crippen LogP contribution in [0.4, 0.5) is 0 Å². The van der Waals surface area contributed by atoms with E-state index in [1.807, 2.05) is 48.0 Å². The summed E-state index contributed by atoms with van der Waals surface area (Å²) in [5.41, 5.74) is 9.59. The van der Waals surface area contributed by atoms with Crippen molar-refractivity contribution in [3.8, 4) is 11.1 Å². The Balaban J connectivity index is 0.00000192. The van der Waals surface area contributed by atoms with Crippen molar-refractivity contribution in [2.75, 3.05) is 24.6 Å². The van der Waals surface area contributed by atoms with Crippen LogP contribution in [0.2, 0.25) is 0 Å². The highest BCUT2D eigenvalue weighted by Gasteiger charge is 2.12. The molecule has 2 heterocycles. The third-order valence-corrected chi connectivity index (χ3v) is 4.72. The van der Waals surface area contributed by atoms with E-state index < -0.39 is 0 Å². The molecule has 2 aromatic rings. The summed E-state index contributed by atoms with van der Waals surface area (Å²) >= 11 is 1.97. The van der Waals surface area contributed by atoms with Crippen LogP contribution >= 0.6 is 35.7 Å². The van der Waals surface area contributed by atoms with Gasteiger partial charge in [-0.25, -0.2) is 4.99 Å². The Morgan fingerprint density at radius 3 is 2.74 bits per heavy atom. The van der Waals surface area contributed by atoms with Crippen LogP contribution in [-0.4, -0.2) is 45.2 Å². The molecule has 0 spiro atoms. The molecular formula is C16H22IN5S. The molecule has 0 amide bonds. The minimum Gasteiger partial charge on any atom is -0.370 e. The summed E-state index contributed by atoms with van der Waals surface area (Å²) < 4.78 is 1.81. The lowest BCUT2D eigenvalue weighted by Crippen LogP contribution is -2.42. The van der Waals surface area contributed by atoms with Gasteiger partial charge in [0.05, 0.1) is 12.7 Å². The van der Waals surface area contributed by atoms with Crippen LogP contribution in [0.5, 0.6) is 0 Å². The summed E-state index contributed by atoms with van der Waals surface area (Å²) in [4.78, 5) is 6.76. The number of rotatable bonds is 3. The zero-order valence-corrected chi connectivity index (χ0v) is 16.3. The fourth-order valence-electron chi connectivity index (χ4n) is 2.56. The molecule has 23 heavy (non-hydrogen) atoms. The molecule has 1 aliphatic heterocycles. The van der Waals surface area contributed by atoms with Crippen molar-refractivity contribution in [2.45, 2.75) is 6.54 Å². The number of aliphatic imine (C=N–C) groups is 1. The maximum absolute atomic E-state index is 6.14. The quantitative estimate of drug-likeness (QED) is 0.450. The van der Waals surface area contributed by atoms with Crippen LogP contribution < -0.4 is 5.73 Å². The topological polar surface area (TPSA) is 59.4 Å². The first-order valence-electron chi connectivity index (χ1n) is 7.43. The van der Waals surface area contributed by atoms with Crippen molar-refractivity contribution in [1.82, 2.24) is 14.7 Å². The predicted molar refractivity (Wildman–Crippen MR) is 108 cm³/mol. The number of thioether (sulfide) groups is 1. The van der Waals surface area contributed by atoms with E-state index in [1.165, 1.54) is 11.1 Å². The van der Waals surface area contributed by atoms with Gasteiger partial charge in [-0.05, 0) is 11.1 Å². The third kappa shape index (κ3) is 4.63. The van der Waals surface area contributed by atoms with Crippen LogP contribution in [0.15, 0.2) is 41.7 Å². The number of nitrogens with zero attached hydrogens (tertiary/aromatic N) is 4. The van der Waals surface area contributed by atoms with Crippen LogP contribution in [0.1, 0.15) is 5.56 Å². The molecule has 0 unspecified atom stereocenters. The van der Waals surface area contributed by atoms with Crippen LogP contribution in [0.25, 0.3) is 11.1 Å². The van der Waals surface area contributed by atoms with Gasteiger partial charge in [0.25, 0.3) is 0 Å². The lowest BCUT2D eigenvalue weighted by Gasteiger charge is -2.27. The monoisotopic (exact) mass is 443 g/mol. The Kier molecular flexibility index (Phi) is 6.76. The van der Waals surface area contributed by atoms with Gasteiger partial charge in [0.1, 0.15) is 0 Å². The number of hydrogen-bond acceptors (Lipinski definition) is 3. The molecule has 1 aromatic heterocycles. The number of nitrogens with two attached hydrogens (primary N) is 1. The third-order valence-electron chi connectivity index (χ3n) is 3.78. The standard InChI is InChI=1S/C16H21N5S.HI/c1-20-12-14(11-19-20)15-5-3-2-4-13(15)10-18-16(17)21-6-8-22-9-7-21;/h2-5,11-12H,6-10H2,1H3,(H2,17,18);1H. The summed E-state index contributed by atoms with van der Waals surface area (Å²) in [7, 11) is 1.93. The zero-order valence-electron chi connectivity index (χ0n) is 13.2. The van der Waals surface area contributed by atoms with Gasteiger partial charge in [-0.1, -0.05) is 24.3 Å². The van der Waals surface area contributed by atoms with Crippen molar-refractivity contribution in [1.29, 1.82) is 0 Å². The zero-order chi connectivity index (χ0) is 15.4. The van der Waals surface area contributed by atoms with Crippen molar-refractivity contribution < 1.29 is 0 Å². The molecule has 0 bridgehead atoms. The number of guanidine groups is 1. The highest BCUT2D eigenvalue weighted by Crippen LogP contribution is 2.23. The van der Waals surface area contributed by atoms with E-state index in [0.717, 1.165) is 30.2 Å². The number of benzene rings is 1.